The Morgan fingerprint density at radius 2 is 1.78 bits per heavy atom. The molecular formula is C14H23O3P. The number of aryl methyl sites for hydroxylation is 1. The lowest BCUT2D eigenvalue weighted by molar-refractivity contribution is 0.375. The molecule has 0 unspecified atom stereocenters. The van der Waals surface area contributed by atoms with Gasteiger partial charge in [-0.25, -0.2) is 0 Å². The zero-order valence-electron chi connectivity index (χ0n) is 11.0. The maximum atomic E-state index is 8.79. The highest BCUT2D eigenvalue weighted by Gasteiger charge is 2.03. The molecule has 0 fully saturated rings. The van der Waals surface area contributed by atoms with E-state index in [2.05, 4.69) is 13.0 Å². The smallest absolute Gasteiger partial charge is 0.391 e. The summed E-state index contributed by atoms with van der Waals surface area (Å²) in [4.78, 5) is 17.6. The Balaban J connectivity index is 2.25. The van der Waals surface area contributed by atoms with Crippen LogP contribution in [0.15, 0.2) is 24.3 Å². The van der Waals surface area contributed by atoms with Crippen molar-refractivity contribution in [3.63, 3.8) is 0 Å². The minimum absolute atomic E-state index is 0.537. The van der Waals surface area contributed by atoms with Crippen LogP contribution in [0.25, 0.3) is 0 Å². The fourth-order valence-electron chi connectivity index (χ4n) is 1.96. The summed E-state index contributed by atoms with van der Waals surface area (Å²) in [5, 5.41) is 0. The Morgan fingerprint density at radius 1 is 1.06 bits per heavy atom. The van der Waals surface area contributed by atoms with Crippen LogP contribution in [0.1, 0.15) is 51.0 Å². The van der Waals surface area contributed by atoms with Gasteiger partial charge in [0, 0.05) is 0 Å². The van der Waals surface area contributed by atoms with E-state index in [0.717, 1.165) is 6.42 Å². The average molecular weight is 270 g/mol. The Morgan fingerprint density at radius 3 is 2.50 bits per heavy atom. The lowest BCUT2D eigenvalue weighted by Gasteiger charge is -2.07. The van der Waals surface area contributed by atoms with Gasteiger partial charge in [0.05, 0.1) is 0 Å². The second kappa shape index (κ2) is 9.32. The van der Waals surface area contributed by atoms with E-state index in [1.807, 2.05) is 12.1 Å². The van der Waals surface area contributed by atoms with Crippen molar-refractivity contribution in [3.05, 3.63) is 29.8 Å². The molecular weight excluding hydrogens is 247 g/mol. The predicted molar refractivity (Wildman–Crippen MR) is 75.5 cm³/mol. The van der Waals surface area contributed by atoms with E-state index in [9.17, 15) is 0 Å². The van der Waals surface area contributed by atoms with E-state index in [0.29, 0.717) is 5.75 Å². The van der Waals surface area contributed by atoms with Gasteiger partial charge in [-0.05, 0) is 30.5 Å². The van der Waals surface area contributed by atoms with Gasteiger partial charge in [0.2, 0.25) is 0 Å². The second-order valence-corrected chi connectivity index (χ2v) is 5.20. The van der Waals surface area contributed by atoms with Gasteiger partial charge in [0.25, 0.3) is 0 Å². The molecule has 1 aromatic carbocycles. The predicted octanol–water partition coefficient (Wildman–Crippen LogP) is 4.18. The molecule has 0 aliphatic carbocycles. The van der Waals surface area contributed by atoms with Gasteiger partial charge in [0.1, 0.15) is 5.75 Å². The highest BCUT2D eigenvalue weighted by molar-refractivity contribution is 7.39. The van der Waals surface area contributed by atoms with Gasteiger partial charge in [-0.1, -0.05) is 51.2 Å². The van der Waals surface area contributed by atoms with Crippen molar-refractivity contribution >= 4 is 8.60 Å². The SMILES string of the molecule is CCCCCCCCc1cccc(OP(O)O)c1. The number of unbranched alkanes of at least 4 members (excludes halogenated alkanes) is 5. The van der Waals surface area contributed by atoms with Gasteiger partial charge in [-0.15, -0.1) is 0 Å². The van der Waals surface area contributed by atoms with E-state index in [-0.39, 0.29) is 0 Å². The molecule has 102 valence electrons. The molecule has 0 spiro atoms. The largest absolute Gasteiger partial charge is 0.427 e. The molecule has 0 radical (unpaired) electrons. The molecule has 0 saturated carbocycles. The van der Waals surface area contributed by atoms with Crippen LogP contribution in [-0.4, -0.2) is 9.79 Å². The highest BCUT2D eigenvalue weighted by atomic mass is 31.2. The summed E-state index contributed by atoms with van der Waals surface area (Å²) < 4.78 is 4.89. The van der Waals surface area contributed by atoms with Crippen molar-refractivity contribution in [1.82, 2.24) is 0 Å². The lowest BCUT2D eigenvalue weighted by Crippen LogP contribution is -1.89. The van der Waals surface area contributed by atoms with Crippen LogP contribution in [0.5, 0.6) is 5.75 Å². The number of rotatable bonds is 9. The van der Waals surface area contributed by atoms with Crippen molar-refractivity contribution in [2.24, 2.45) is 0 Å². The lowest BCUT2D eigenvalue weighted by atomic mass is 10.0. The minimum Gasteiger partial charge on any atom is -0.427 e. The van der Waals surface area contributed by atoms with Crippen LogP contribution in [0.2, 0.25) is 0 Å². The summed E-state index contributed by atoms with van der Waals surface area (Å²) in [6.07, 6.45) is 8.72. The summed E-state index contributed by atoms with van der Waals surface area (Å²) in [6.45, 7) is 2.22. The van der Waals surface area contributed by atoms with Crippen molar-refractivity contribution in [2.45, 2.75) is 51.9 Å². The van der Waals surface area contributed by atoms with E-state index >= 15 is 0 Å². The topological polar surface area (TPSA) is 49.7 Å². The molecule has 0 bridgehead atoms. The third-order valence-corrected chi connectivity index (χ3v) is 3.28. The molecule has 0 aliphatic rings. The summed E-state index contributed by atoms with van der Waals surface area (Å²) in [6, 6.07) is 7.57. The third-order valence-electron chi connectivity index (χ3n) is 2.90. The minimum atomic E-state index is -2.31. The van der Waals surface area contributed by atoms with E-state index in [1.54, 1.807) is 6.07 Å². The van der Waals surface area contributed by atoms with Crippen LogP contribution in [-0.2, 0) is 6.42 Å². The van der Waals surface area contributed by atoms with E-state index in [4.69, 9.17) is 14.3 Å². The molecule has 0 heterocycles. The fourth-order valence-corrected chi connectivity index (χ4v) is 2.26. The van der Waals surface area contributed by atoms with Gasteiger partial charge in [0.15, 0.2) is 0 Å². The summed E-state index contributed by atoms with van der Waals surface area (Å²) in [5.41, 5.74) is 1.19. The molecule has 18 heavy (non-hydrogen) atoms. The Kier molecular flexibility index (Phi) is 7.99. The fraction of sp³-hybridized carbons (Fsp3) is 0.571. The van der Waals surface area contributed by atoms with E-state index in [1.165, 1.54) is 44.1 Å². The Labute approximate surface area is 111 Å². The molecule has 4 heteroatoms. The first-order chi connectivity index (χ1) is 8.72. The first-order valence-electron chi connectivity index (χ1n) is 6.67. The molecule has 2 N–H and O–H groups in total. The summed E-state index contributed by atoms with van der Waals surface area (Å²) in [5.74, 6) is 0.537. The standard InChI is InChI=1S/C14H23O3P/c1-2-3-4-5-6-7-9-13-10-8-11-14(12-13)17-18(15)16/h8,10-12,15-16H,2-7,9H2,1H3. The molecule has 0 atom stereocenters. The normalized spacial score (nSPS) is 10.9. The van der Waals surface area contributed by atoms with Crippen molar-refractivity contribution in [3.8, 4) is 5.75 Å². The Bertz CT molecular complexity index is 329. The molecule has 0 amide bonds. The summed E-state index contributed by atoms with van der Waals surface area (Å²) >= 11 is 0. The van der Waals surface area contributed by atoms with Gasteiger partial charge in [-0.3, -0.25) is 0 Å². The number of benzene rings is 1. The highest BCUT2D eigenvalue weighted by Crippen LogP contribution is 2.29. The molecule has 0 saturated heterocycles. The molecule has 1 rings (SSSR count). The second-order valence-electron chi connectivity index (χ2n) is 4.51. The van der Waals surface area contributed by atoms with Crippen LogP contribution >= 0.6 is 8.60 Å². The molecule has 1 aromatic rings. The van der Waals surface area contributed by atoms with Crippen molar-refractivity contribution in [1.29, 1.82) is 0 Å². The number of hydrogen-bond acceptors (Lipinski definition) is 3. The third kappa shape index (κ3) is 6.95. The molecule has 0 aliphatic heterocycles. The van der Waals surface area contributed by atoms with Crippen LogP contribution in [0.4, 0.5) is 0 Å². The monoisotopic (exact) mass is 270 g/mol. The maximum absolute atomic E-state index is 8.79. The summed E-state index contributed by atoms with van der Waals surface area (Å²) in [7, 11) is -2.31. The van der Waals surface area contributed by atoms with Crippen LogP contribution < -0.4 is 4.52 Å². The van der Waals surface area contributed by atoms with Gasteiger partial charge < -0.3 is 14.3 Å². The van der Waals surface area contributed by atoms with E-state index < -0.39 is 8.60 Å². The molecule has 3 nitrogen and oxygen atoms in total. The molecule has 0 aromatic heterocycles. The van der Waals surface area contributed by atoms with Crippen molar-refractivity contribution < 1.29 is 14.3 Å². The first-order valence-corrected chi connectivity index (χ1v) is 7.83. The van der Waals surface area contributed by atoms with Crippen LogP contribution in [0, 0.1) is 0 Å². The maximum Gasteiger partial charge on any atom is 0.391 e. The number of hydrogen-bond donors (Lipinski definition) is 2. The zero-order valence-corrected chi connectivity index (χ0v) is 11.9. The zero-order chi connectivity index (χ0) is 13.2. The Hall–Kier alpha value is -0.630. The quantitative estimate of drug-likeness (QED) is 0.522. The first kappa shape index (κ1) is 15.4. The van der Waals surface area contributed by atoms with Gasteiger partial charge in [-0.2, -0.15) is 0 Å². The average Bonchev–Trinajstić information content (AvgIpc) is 2.33. The van der Waals surface area contributed by atoms with Crippen LogP contribution in [0.3, 0.4) is 0 Å². The van der Waals surface area contributed by atoms with Gasteiger partial charge >= 0.3 is 8.60 Å². The van der Waals surface area contributed by atoms with Crippen molar-refractivity contribution in [2.75, 3.05) is 0 Å².